The van der Waals surface area contributed by atoms with Gasteiger partial charge in [0.1, 0.15) is 0 Å². The van der Waals surface area contributed by atoms with Crippen molar-refractivity contribution in [3.05, 3.63) is 66.4 Å². The van der Waals surface area contributed by atoms with Gasteiger partial charge in [0.25, 0.3) is 0 Å². The fourth-order valence-corrected chi connectivity index (χ4v) is 2.78. The number of aldehydes is 1. The van der Waals surface area contributed by atoms with E-state index in [2.05, 4.69) is 17.1 Å². The Kier molecular flexibility index (Phi) is 3.29. The summed E-state index contributed by atoms with van der Waals surface area (Å²) >= 11 is 1.64. The van der Waals surface area contributed by atoms with Crippen LogP contribution in [0, 0.1) is 0 Å². The largest absolute Gasteiger partial charge is 0.298 e. The fourth-order valence-electron chi connectivity index (χ4n) is 1.94. The summed E-state index contributed by atoms with van der Waals surface area (Å²) in [5.41, 5.74) is 1.53. The standard InChI is InChI=1S/C16H11NOS/c18-11-12-5-4-8-16-15(12)9-14(10-17-16)19-13-6-2-1-3-7-13/h1-11H. The molecule has 0 saturated heterocycles. The van der Waals surface area contributed by atoms with Gasteiger partial charge in [0, 0.05) is 26.9 Å². The first kappa shape index (κ1) is 11.9. The van der Waals surface area contributed by atoms with Crippen LogP contribution in [0.15, 0.2) is 70.6 Å². The van der Waals surface area contributed by atoms with Crippen molar-refractivity contribution in [1.82, 2.24) is 4.98 Å². The molecule has 1 heterocycles. The highest BCUT2D eigenvalue weighted by Crippen LogP contribution is 2.29. The molecule has 92 valence electrons. The minimum Gasteiger partial charge on any atom is -0.298 e. The van der Waals surface area contributed by atoms with Crippen LogP contribution in [-0.4, -0.2) is 11.3 Å². The molecule has 0 aliphatic carbocycles. The molecule has 0 bridgehead atoms. The Hall–Kier alpha value is -2.13. The van der Waals surface area contributed by atoms with Gasteiger partial charge in [0.05, 0.1) is 5.52 Å². The predicted molar refractivity (Wildman–Crippen MR) is 77.7 cm³/mol. The van der Waals surface area contributed by atoms with E-state index >= 15 is 0 Å². The lowest BCUT2D eigenvalue weighted by Gasteiger charge is -2.04. The molecule has 0 aliphatic rings. The number of rotatable bonds is 3. The van der Waals surface area contributed by atoms with Crippen molar-refractivity contribution >= 4 is 29.0 Å². The van der Waals surface area contributed by atoms with Gasteiger partial charge >= 0.3 is 0 Å². The van der Waals surface area contributed by atoms with E-state index in [-0.39, 0.29) is 0 Å². The highest BCUT2D eigenvalue weighted by molar-refractivity contribution is 7.99. The normalized spacial score (nSPS) is 10.5. The number of carbonyl (C=O) groups excluding carboxylic acids is 1. The van der Waals surface area contributed by atoms with Crippen molar-refractivity contribution < 1.29 is 4.79 Å². The Morgan fingerprint density at radius 3 is 2.58 bits per heavy atom. The van der Waals surface area contributed by atoms with Crippen LogP contribution in [0.5, 0.6) is 0 Å². The average Bonchev–Trinajstić information content (AvgIpc) is 2.47. The van der Waals surface area contributed by atoms with Gasteiger partial charge in [0.15, 0.2) is 6.29 Å². The molecular weight excluding hydrogens is 254 g/mol. The molecule has 0 unspecified atom stereocenters. The van der Waals surface area contributed by atoms with Crippen molar-refractivity contribution in [2.75, 3.05) is 0 Å². The number of pyridine rings is 1. The second-order valence-electron chi connectivity index (χ2n) is 4.12. The van der Waals surface area contributed by atoms with Gasteiger partial charge in [0.2, 0.25) is 0 Å². The molecule has 2 nitrogen and oxygen atoms in total. The Bertz CT molecular complexity index is 725. The lowest BCUT2D eigenvalue weighted by atomic mass is 10.1. The summed E-state index contributed by atoms with van der Waals surface area (Å²) in [7, 11) is 0. The Morgan fingerprint density at radius 1 is 0.947 bits per heavy atom. The number of carbonyl (C=O) groups is 1. The zero-order valence-corrected chi connectivity index (χ0v) is 10.9. The van der Waals surface area contributed by atoms with E-state index in [0.717, 1.165) is 27.0 Å². The maximum atomic E-state index is 11.1. The lowest BCUT2D eigenvalue weighted by Crippen LogP contribution is -1.86. The van der Waals surface area contributed by atoms with Crippen molar-refractivity contribution in [2.45, 2.75) is 9.79 Å². The molecular formula is C16H11NOS. The molecule has 3 heteroatoms. The zero-order valence-electron chi connectivity index (χ0n) is 10.1. The summed E-state index contributed by atoms with van der Waals surface area (Å²) < 4.78 is 0. The first-order valence-electron chi connectivity index (χ1n) is 5.94. The van der Waals surface area contributed by atoms with E-state index < -0.39 is 0 Å². The maximum absolute atomic E-state index is 11.1. The summed E-state index contributed by atoms with van der Waals surface area (Å²) in [6.07, 6.45) is 2.72. The van der Waals surface area contributed by atoms with E-state index in [0.29, 0.717) is 5.56 Å². The van der Waals surface area contributed by atoms with Gasteiger partial charge < -0.3 is 0 Å². The molecule has 1 aromatic heterocycles. The number of aromatic nitrogens is 1. The van der Waals surface area contributed by atoms with Gasteiger partial charge in [-0.3, -0.25) is 9.78 Å². The topological polar surface area (TPSA) is 30.0 Å². The summed E-state index contributed by atoms with van der Waals surface area (Å²) in [6, 6.07) is 17.7. The first-order chi connectivity index (χ1) is 9.36. The summed E-state index contributed by atoms with van der Waals surface area (Å²) in [4.78, 5) is 17.7. The van der Waals surface area contributed by atoms with Crippen LogP contribution in [0.2, 0.25) is 0 Å². The number of nitrogens with zero attached hydrogens (tertiary/aromatic N) is 1. The molecule has 3 rings (SSSR count). The minimum atomic E-state index is 0.681. The molecule has 0 N–H and O–H groups in total. The van der Waals surface area contributed by atoms with E-state index in [9.17, 15) is 4.79 Å². The Labute approximate surface area is 115 Å². The molecule has 2 aromatic carbocycles. The van der Waals surface area contributed by atoms with E-state index in [1.54, 1.807) is 11.8 Å². The number of fused-ring (bicyclic) bond motifs is 1. The van der Waals surface area contributed by atoms with Crippen LogP contribution < -0.4 is 0 Å². The molecule has 0 atom stereocenters. The zero-order chi connectivity index (χ0) is 13.1. The van der Waals surface area contributed by atoms with Crippen LogP contribution in [0.1, 0.15) is 10.4 Å². The number of benzene rings is 2. The third-order valence-corrected chi connectivity index (χ3v) is 3.81. The summed E-state index contributed by atoms with van der Waals surface area (Å²) in [5, 5.41) is 0.901. The van der Waals surface area contributed by atoms with Gasteiger partial charge in [-0.2, -0.15) is 0 Å². The molecule has 0 fully saturated rings. The van der Waals surface area contributed by atoms with Gasteiger partial charge in [-0.15, -0.1) is 0 Å². The van der Waals surface area contributed by atoms with Crippen LogP contribution in [0.25, 0.3) is 10.9 Å². The number of hydrogen-bond acceptors (Lipinski definition) is 3. The second-order valence-corrected chi connectivity index (χ2v) is 5.26. The van der Waals surface area contributed by atoms with Crippen LogP contribution in [0.3, 0.4) is 0 Å². The highest BCUT2D eigenvalue weighted by Gasteiger charge is 2.04. The molecule has 0 aliphatic heterocycles. The van der Waals surface area contributed by atoms with Crippen molar-refractivity contribution in [3.63, 3.8) is 0 Å². The van der Waals surface area contributed by atoms with Crippen LogP contribution in [0.4, 0.5) is 0 Å². The molecule has 19 heavy (non-hydrogen) atoms. The highest BCUT2D eigenvalue weighted by atomic mass is 32.2. The molecule has 3 aromatic rings. The van der Waals surface area contributed by atoms with Crippen LogP contribution >= 0.6 is 11.8 Å². The minimum absolute atomic E-state index is 0.681. The molecule has 0 saturated carbocycles. The Balaban J connectivity index is 2.04. The predicted octanol–water partition coefficient (Wildman–Crippen LogP) is 4.20. The summed E-state index contributed by atoms with van der Waals surface area (Å²) in [5.74, 6) is 0. The van der Waals surface area contributed by atoms with E-state index in [1.165, 1.54) is 0 Å². The first-order valence-corrected chi connectivity index (χ1v) is 6.75. The fraction of sp³-hybridized carbons (Fsp3) is 0. The maximum Gasteiger partial charge on any atom is 0.150 e. The molecule has 0 radical (unpaired) electrons. The molecule has 0 amide bonds. The number of hydrogen-bond donors (Lipinski definition) is 0. The van der Waals surface area contributed by atoms with Gasteiger partial charge in [-0.1, -0.05) is 42.1 Å². The lowest BCUT2D eigenvalue weighted by molar-refractivity contribution is 0.112. The van der Waals surface area contributed by atoms with Crippen LogP contribution in [-0.2, 0) is 0 Å². The van der Waals surface area contributed by atoms with E-state index in [4.69, 9.17) is 0 Å². The van der Waals surface area contributed by atoms with Gasteiger partial charge in [-0.25, -0.2) is 0 Å². The summed E-state index contributed by atoms with van der Waals surface area (Å²) in [6.45, 7) is 0. The third-order valence-electron chi connectivity index (χ3n) is 2.84. The second kappa shape index (κ2) is 5.24. The van der Waals surface area contributed by atoms with E-state index in [1.807, 2.05) is 48.7 Å². The van der Waals surface area contributed by atoms with Crippen molar-refractivity contribution in [1.29, 1.82) is 0 Å². The monoisotopic (exact) mass is 265 g/mol. The SMILES string of the molecule is O=Cc1cccc2ncc(Sc3ccccc3)cc12. The smallest absolute Gasteiger partial charge is 0.150 e. The Morgan fingerprint density at radius 2 is 1.79 bits per heavy atom. The molecule has 0 spiro atoms. The van der Waals surface area contributed by atoms with Crippen molar-refractivity contribution in [3.8, 4) is 0 Å². The average molecular weight is 265 g/mol. The van der Waals surface area contributed by atoms with Crippen molar-refractivity contribution in [2.24, 2.45) is 0 Å². The van der Waals surface area contributed by atoms with Gasteiger partial charge in [-0.05, 0) is 24.3 Å². The third kappa shape index (κ3) is 2.51. The quantitative estimate of drug-likeness (QED) is 0.665.